The molecule has 102 valence electrons. The lowest BCUT2D eigenvalue weighted by atomic mass is 10.1. The first-order chi connectivity index (χ1) is 9.65. The van der Waals surface area contributed by atoms with Crippen molar-refractivity contribution in [3.63, 3.8) is 0 Å². The van der Waals surface area contributed by atoms with Crippen LogP contribution in [0.5, 0.6) is 0 Å². The van der Waals surface area contributed by atoms with E-state index in [2.05, 4.69) is 79.9 Å². The third-order valence-electron chi connectivity index (χ3n) is 3.87. The van der Waals surface area contributed by atoms with Crippen molar-refractivity contribution in [1.29, 1.82) is 0 Å². The summed E-state index contributed by atoms with van der Waals surface area (Å²) in [5.74, 6) is 0.534. The fourth-order valence-corrected chi connectivity index (χ4v) is 2.81. The average Bonchev–Trinajstić information content (AvgIpc) is 2.78. The largest absolute Gasteiger partial charge is 0.340 e. The van der Waals surface area contributed by atoms with Crippen LogP contribution in [0, 0.1) is 6.92 Å². The number of aryl methyl sites for hydroxylation is 1. The van der Waals surface area contributed by atoms with Gasteiger partial charge in [-0.05, 0) is 41.5 Å². The van der Waals surface area contributed by atoms with Gasteiger partial charge in [0.15, 0.2) is 0 Å². The number of nitrogens with zero attached hydrogens (tertiary/aromatic N) is 1. The predicted octanol–water partition coefficient (Wildman–Crippen LogP) is 5.12. The van der Waals surface area contributed by atoms with Crippen molar-refractivity contribution in [2.24, 2.45) is 0 Å². The molecule has 3 aromatic rings. The second kappa shape index (κ2) is 5.16. The van der Waals surface area contributed by atoms with Gasteiger partial charge in [0, 0.05) is 17.8 Å². The van der Waals surface area contributed by atoms with Gasteiger partial charge in [0.2, 0.25) is 0 Å². The smallest absolute Gasteiger partial charge is 0.0488 e. The van der Waals surface area contributed by atoms with Crippen LogP contribution in [0.2, 0.25) is 0 Å². The molecule has 2 aromatic carbocycles. The normalized spacial score (nSPS) is 11.4. The lowest BCUT2D eigenvalue weighted by Gasteiger charge is -2.13. The Labute approximate surface area is 120 Å². The van der Waals surface area contributed by atoms with E-state index in [9.17, 15) is 0 Å². The highest BCUT2D eigenvalue weighted by molar-refractivity contribution is 5.82. The maximum Gasteiger partial charge on any atom is 0.0488 e. The zero-order valence-electron chi connectivity index (χ0n) is 12.4. The van der Waals surface area contributed by atoms with Crippen molar-refractivity contribution in [1.82, 2.24) is 4.57 Å². The van der Waals surface area contributed by atoms with Gasteiger partial charge < -0.3 is 4.57 Å². The summed E-state index contributed by atoms with van der Waals surface area (Å²) < 4.78 is 2.46. The summed E-state index contributed by atoms with van der Waals surface area (Å²) in [5, 5.41) is 1.34. The Kier molecular flexibility index (Phi) is 3.35. The quantitative estimate of drug-likeness (QED) is 0.618. The van der Waals surface area contributed by atoms with E-state index in [4.69, 9.17) is 0 Å². The first-order valence-electron chi connectivity index (χ1n) is 7.29. The zero-order valence-corrected chi connectivity index (χ0v) is 12.4. The molecule has 0 radical (unpaired) electrons. The van der Waals surface area contributed by atoms with Gasteiger partial charge in [-0.1, -0.05) is 56.3 Å². The van der Waals surface area contributed by atoms with Crippen LogP contribution >= 0.6 is 0 Å². The molecule has 20 heavy (non-hydrogen) atoms. The summed E-state index contributed by atoms with van der Waals surface area (Å²) in [6.07, 6.45) is 0. The van der Waals surface area contributed by atoms with Crippen molar-refractivity contribution in [3.8, 4) is 0 Å². The second-order valence-electron chi connectivity index (χ2n) is 5.86. The highest BCUT2D eigenvalue weighted by Gasteiger charge is 2.12. The standard InChI is InChI=1S/C19H21N/c1-14(2)18-12-17-10-9-15(3)11-19(17)20(18)13-16-7-5-4-6-8-16/h4-12,14H,13H2,1-3H3. The lowest BCUT2D eigenvalue weighted by molar-refractivity contribution is 0.710. The van der Waals surface area contributed by atoms with Crippen LogP contribution in [0.3, 0.4) is 0 Å². The van der Waals surface area contributed by atoms with E-state index in [0.717, 1.165) is 6.54 Å². The number of rotatable bonds is 3. The second-order valence-corrected chi connectivity index (χ2v) is 5.86. The summed E-state index contributed by atoms with van der Waals surface area (Å²) in [6, 6.07) is 19.8. The molecule has 3 rings (SSSR count). The molecule has 1 nitrogen and oxygen atoms in total. The lowest BCUT2D eigenvalue weighted by Crippen LogP contribution is -2.05. The molecule has 0 saturated heterocycles. The van der Waals surface area contributed by atoms with Crippen LogP contribution in [0.1, 0.15) is 36.6 Å². The van der Waals surface area contributed by atoms with Gasteiger partial charge in [0.25, 0.3) is 0 Å². The third-order valence-corrected chi connectivity index (χ3v) is 3.87. The molecule has 1 aromatic heterocycles. The Bertz CT molecular complexity index is 720. The minimum absolute atomic E-state index is 0.534. The van der Waals surface area contributed by atoms with Crippen molar-refractivity contribution in [3.05, 3.63) is 71.4 Å². The molecule has 0 saturated carbocycles. The van der Waals surface area contributed by atoms with Crippen LogP contribution in [-0.4, -0.2) is 4.57 Å². The summed E-state index contributed by atoms with van der Waals surface area (Å²) in [6.45, 7) is 7.64. The maximum atomic E-state index is 2.46. The monoisotopic (exact) mass is 263 g/mol. The maximum absolute atomic E-state index is 2.46. The highest BCUT2D eigenvalue weighted by Crippen LogP contribution is 2.27. The van der Waals surface area contributed by atoms with E-state index in [1.54, 1.807) is 0 Å². The molecule has 0 aliphatic rings. The van der Waals surface area contributed by atoms with Crippen LogP contribution in [0.25, 0.3) is 10.9 Å². The summed E-state index contributed by atoms with van der Waals surface area (Å²) in [5.41, 5.74) is 5.43. The molecule has 1 heterocycles. The molecular formula is C19H21N. The van der Waals surface area contributed by atoms with Crippen LogP contribution < -0.4 is 0 Å². The highest BCUT2D eigenvalue weighted by atomic mass is 15.0. The molecule has 0 N–H and O–H groups in total. The average molecular weight is 263 g/mol. The number of fused-ring (bicyclic) bond motifs is 1. The van der Waals surface area contributed by atoms with Gasteiger partial charge in [-0.2, -0.15) is 0 Å². The van der Waals surface area contributed by atoms with Crippen molar-refractivity contribution in [2.75, 3.05) is 0 Å². The van der Waals surface area contributed by atoms with Gasteiger partial charge in [0.05, 0.1) is 0 Å². The number of aromatic nitrogens is 1. The van der Waals surface area contributed by atoms with Gasteiger partial charge >= 0.3 is 0 Å². The Morgan fingerprint density at radius 3 is 2.40 bits per heavy atom. The number of hydrogen-bond acceptors (Lipinski definition) is 0. The van der Waals surface area contributed by atoms with Crippen molar-refractivity contribution < 1.29 is 0 Å². The number of benzene rings is 2. The van der Waals surface area contributed by atoms with E-state index in [0.29, 0.717) is 5.92 Å². The van der Waals surface area contributed by atoms with E-state index >= 15 is 0 Å². The van der Waals surface area contributed by atoms with E-state index in [1.165, 1.54) is 27.7 Å². The van der Waals surface area contributed by atoms with Gasteiger partial charge in [-0.3, -0.25) is 0 Å². The third kappa shape index (κ3) is 2.36. The molecule has 0 fully saturated rings. The predicted molar refractivity (Wildman–Crippen MR) is 86.3 cm³/mol. The molecule has 0 bridgehead atoms. The molecule has 0 aliphatic carbocycles. The van der Waals surface area contributed by atoms with E-state index in [-0.39, 0.29) is 0 Å². The molecule has 0 unspecified atom stereocenters. The van der Waals surface area contributed by atoms with Gasteiger partial charge in [-0.25, -0.2) is 0 Å². The van der Waals surface area contributed by atoms with E-state index < -0.39 is 0 Å². The fourth-order valence-electron chi connectivity index (χ4n) is 2.81. The van der Waals surface area contributed by atoms with Gasteiger partial charge in [-0.15, -0.1) is 0 Å². The molecular weight excluding hydrogens is 242 g/mol. The molecule has 0 atom stereocenters. The minimum Gasteiger partial charge on any atom is -0.340 e. The van der Waals surface area contributed by atoms with E-state index in [1.807, 2.05) is 0 Å². The Morgan fingerprint density at radius 1 is 0.950 bits per heavy atom. The van der Waals surface area contributed by atoms with Crippen molar-refractivity contribution in [2.45, 2.75) is 33.2 Å². The first-order valence-corrected chi connectivity index (χ1v) is 7.29. The Hall–Kier alpha value is -2.02. The van der Waals surface area contributed by atoms with Crippen molar-refractivity contribution >= 4 is 10.9 Å². The number of hydrogen-bond donors (Lipinski definition) is 0. The Balaban J connectivity index is 2.15. The topological polar surface area (TPSA) is 4.93 Å². The SMILES string of the molecule is Cc1ccc2cc(C(C)C)n(Cc3ccccc3)c2c1. The van der Waals surface area contributed by atoms with Crippen LogP contribution in [-0.2, 0) is 6.54 Å². The minimum atomic E-state index is 0.534. The molecule has 0 spiro atoms. The van der Waals surface area contributed by atoms with Gasteiger partial charge in [0.1, 0.15) is 0 Å². The summed E-state index contributed by atoms with van der Waals surface area (Å²) in [7, 11) is 0. The Morgan fingerprint density at radius 2 is 1.70 bits per heavy atom. The molecule has 0 aliphatic heterocycles. The molecule has 1 heteroatoms. The van der Waals surface area contributed by atoms with Crippen LogP contribution in [0.4, 0.5) is 0 Å². The summed E-state index contributed by atoms with van der Waals surface area (Å²) in [4.78, 5) is 0. The zero-order chi connectivity index (χ0) is 14.1. The first kappa shape index (κ1) is 13.0. The van der Waals surface area contributed by atoms with Crippen LogP contribution in [0.15, 0.2) is 54.6 Å². The molecule has 0 amide bonds. The fraction of sp³-hybridized carbons (Fsp3) is 0.263. The summed E-state index contributed by atoms with van der Waals surface area (Å²) >= 11 is 0.